The third kappa shape index (κ3) is 4.61. The Balaban J connectivity index is 1.44. The van der Waals surface area contributed by atoms with Crippen LogP contribution in [0.4, 0.5) is 0 Å². The Hall–Kier alpha value is -2.09. The van der Waals surface area contributed by atoms with E-state index in [1.54, 1.807) is 4.63 Å². The van der Waals surface area contributed by atoms with Gasteiger partial charge in [0.05, 0.1) is 5.69 Å². The average Bonchev–Trinajstić information content (AvgIpc) is 3.14. The lowest BCUT2D eigenvalue weighted by Gasteiger charge is -2.18. The van der Waals surface area contributed by atoms with Gasteiger partial charge in [0.25, 0.3) is 0 Å². The molecule has 0 fully saturated rings. The minimum absolute atomic E-state index is 0.119. The second-order valence-corrected chi connectivity index (χ2v) is 7.25. The van der Waals surface area contributed by atoms with Gasteiger partial charge in [-0.2, -0.15) is 4.63 Å². The number of aromatic amines is 1. The summed E-state index contributed by atoms with van der Waals surface area (Å²) >= 11 is 6.20. The lowest BCUT2D eigenvalue weighted by molar-refractivity contribution is -0.0737. The smallest absolute Gasteiger partial charge is 0.198 e. The Morgan fingerprint density at radius 1 is 1.26 bits per heavy atom. The van der Waals surface area contributed by atoms with Gasteiger partial charge in [0, 0.05) is 12.5 Å². The summed E-state index contributed by atoms with van der Waals surface area (Å²) in [7, 11) is 0. The number of hydrogen-bond donors (Lipinski definition) is 2. The highest BCUT2D eigenvalue weighted by Crippen LogP contribution is 2.22. The zero-order chi connectivity index (χ0) is 19.6. The van der Waals surface area contributed by atoms with Gasteiger partial charge in [-0.3, -0.25) is 10.4 Å². The van der Waals surface area contributed by atoms with E-state index in [4.69, 9.17) is 21.1 Å². The summed E-state index contributed by atoms with van der Waals surface area (Å²) in [5.74, 6) is 1.69. The molecule has 7 nitrogen and oxygen atoms in total. The van der Waals surface area contributed by atoms with Crippen LogP contribution in [-0.2, 0) is 4.74 Å². The van der Waals surface area contributed by atoms with Crippen LogP contribution in [0.15, 0.2) is 18.2 Å². The summed E-state index contributed by atoms with van der Waals surface area (Å²) in [4.78, 5) is 4.50. The number of nitrogens with one attached hydrogen (secondary N) is 2. The van der Waals surface area contributed by atoms with Crippen LogP contribution < -0.4 is 10.1 Å². The molecule has 0 amide bonds. The van der Waals surface area contributed by atoms with Crippen molar-refractivity contribution < 1.29 is 9.47 Å². The van der Waals surface area contributed by atoms with Crippen molar-refractivity contribution in [2.75, 3.05) is 13.3 Å². The number of aromatic nitrogens is 4. The Morgan fingerprint density at radius 2 is 2.04 bits per heavy atom. The summed E-state index contributed by atoms with van der Waals surface area (Å²) in [6.07, 6.45) is -0.347. The van der Waals surface area contributed by atoms with E-state index in [2.05, 4.69) is 40.4 Å². The third-order valence-corrected chi connectivity index (χ3v) is 4.81. The number of aryl methyl sites for hydroxylation is 3. The normalized spacial score (nSPS) is 13.9. The van der Waals surface area contributed by atoms with Crippen LogP contribution in [-0.4, -0.2) is 39.4 Å². The molecule has 1 aromatic carbocycles. The molecule has 0 aliphatic rings. The highest BCUT2D eigenvalue weighted by atomic mass is 35.5. The summed E-state index contributed by atoms with van der Waals surface area (Å²) in [6, 6.07) is 6.09. The predicted molar refractivity (Wildman–Crippen MR) is 105 cm³/mol. The fourth-order valence-corrected chi connectivity index (χ4v) is 2.98. The topological polar surface area (TPSA) is 76.5 Å². The number of fused-ring (bicyclic) bond motifs is 1. The predicted octanol–water partition coefficient (Wildman–Crippen LogP) is 3.73. The monoisotopic (exact) mass is 391 g/mol. The molecule has 2 heterocycles. The molecule has 0 radical (unpaired) electrons. The number of ether oxygens (including phenoxy) is 2. The van der Waals surface area contributed by atoms with Gasteiger partial charge in [0.1, 0.15) is 17.5 Å². The van der Waals surface area contributed by atoms with Crippen molar-refractivity contribution in [2.45, 2.75) is 46.8 Å². The fourth-order valence-electron chi connectivity index (χ4n) is 2.82. The summed E-state index contributed by atoms with van der Waals surface area (Å²) in [5.41, 5.74) is 3.82. The van der Waals surface area contributed by atoms with Crippen molar-refractivity contribution in [3.63, 3.8) is 0 Å². The van der Waals surface area contributed by atoms with Crippen LogP contribution in [0.3, 0.4) is 0 Å². The van der Waals surface area contributed by atoms with E-state index in [9.17, 15) is 0 Å². The zero-order valence-corrected chi connectivity index (χ0v) is 17.1. The number of benzene rings is 1. The second kappa shape index (κ2) is 8.29. The van der Waals surface area contributed by atoms with Gasteiger partial charge in [-0.25, -0.2) is 4.98 Å². The molecule has 2 atom stereocenters. The summed E-state index contributed by atoms with van der Waals surface area (Å²) in [5, 5.41) is 11.4. The van der Waals surface area contributed by atoms with E-state index in [0.29, 0.717) is 23.9 Å². The zero-order valence-electron chi connectivity index (χ0n) is 16.3. The average molecular weight is 392 g/mol. The molecule has 0 aliphatic carbocycles. The van der Waals surface area contributed by atoms with Crippen LogP contribution in [0.1, 0.15) is 42.4 Å². The molecular formula is C19H26ClN5O2. The third-order valence-electron chi connectivity index (χ3n) is 4.36. The Kier molecular flexibility index (Phi) is 6.04. The highest BCUT2D eigenvalue weighted by Gasteiger charge is 2.16. The molecule has 146 valence electrons. The van der Waals surface area contributed by atoms with E-state index in [-0.39, 0.29) is 12.2 Å². The standard InChI is InChI=1S/C19H26ClN5O2/c1-11-6-7-16(12(2)8-11)27-15(5)26-10-21-9-13(3)18-22-19-17(20)14(4)23-25(19)24-18/h6-8,13,15,21,23H,9-10H2,1-5H3. The minimum Gasteiger partial charge on any atom is -0.465 e. The molecule has 2 N–H and O–H groups in total. The largest absolute Gasteiger partial charge is 0.465 e. The maximum Gasteiger partial charge on any atom is 0.198 e. The van der Waals surface area contributed by atoms with Gasteiger partial charge in [-0.15, -0.1) is 5.10 Å². The fraction of sp³-hybridized carbons (Fsp3) is 0.474. The Bertz CT molecular complexity index is 920. The van der Waals surface area contributed by atoms with E-state index >= 15 is 0 Å². The Labute approximate surface area is 164 Å². The first-order valence-electron chi connectivity index (χ1n) is 9.02. The van der Waals surface area contributed by atoms with Crippen molar-refractivity contribution >= 4 is 17.2 Å². The van der Waals surface area contributed by atoms with Gasteiger partial charge >= 0.3 is 0 Å². The molecule has 0 spiro atoms. The number of rotatable bonds is 8. The number of hydrogen-bond acceptors (Lipinski definition) is 5. The Morgan fingerprint density at radius 3 is 2.74 bits per heavy atom. The van der Waals surface area contributed by atoms with Crippen molar-refractivity contribution in [1.82, 2.24) is 25.1 Å². The van der Waals surface area contributed by atoms with Gasteiger partial charge < -0.3 is 9.47 Å². The van der Waals surface area contributed by atoms with Gasteiger partial charge in [-0.05, 0) is 39.3 Å². The first kappa shape index (κ1) is 19.7. The highest BCUT2D eigenvalue weighted by molar-refractivity contribution is 6.34. The molecule has 0 aliphatic heterocycles. The quantitative estimate of drug-likeness (QED) is 0.452. The molecular weight excluding hydrogens is 366 g/mol. The number of H-pyrrole nitrogens is 1. The maximum absolute atomic E-state index is 6.20. The lowest BCUT2D eigenvalue weighted by Crippen LogP contribution is -2.28. The molecule has 3 rings (SSSR count). The molecule has 0 saturated heterocycles. The summed E-state index contributed by atoms with van der Waals surface area (Å²) < 4.78 is 13.1. The van der Waals surface area contributed by atoms with E-state index < -0.39 is 0 Å². The second-order valence-electron chi connectivity index (χ2n) is 6.88. The van der Waals surface area contributed by atoms with Crippen molar-refractivity contribution in [3.05, 3.63) is 45.9 Å². The van der Waals surface area contributed by atoms with Gasteiger partial charge in [-0.1, -0.05) is 36.2 Å². The molecule has 2 aromatic heterocycles. The molecule has 0 saturated carbocycles. The molecule has 27 heavy (non-hydrogen) atoms. The first-order chi connectivity index (χ1) is 12.8. The maximum atomic E-state index is 6.20. The number of halogens is 1. The first-order valence-corrected chi connectivity index (χ1v) is 9.40. The minimum atomic E-state index is -0.347. The van der Waals surface area contributed by atoms with Crippen LogP contribution in [0.5, 0.6) is 5.75 Å². The van der Waals surface area contributed by atoms with E-state index in [0.717, 1.165) is 22.8 Å². The molecule has 3 aromatic rings. The van der Waals surface area contributed by atoms with Gasteiger partial charge in [0.2, 0.25) is 0 Å². The van der Waals surface area contributed by atoms with Crippen molar-refractivity contribution in [2.24, 2.45) is 0 Å². The van der Waals surface area contributed by atoms with Crippen molar-refractivity contribution in [3.8, 4) is 5.75 Å². The van der Waals surface area contributed by atoms with E-state index in [1.807, 2.05) is 32.9 Å². The molecule has 0 bridgehead atoms. The van der Waals surface area contributed by atoms with Crippen LogP contribution >= 0.6 is 11.6 Å². The van der Waals surface area contributed by atoms with Crippen LogP contribution in [0.2, 0.25) is 5.02 Å². The van der Waals surface area contributed by atoms with Gasteiger partial charge in [0.15, 0.2) is 17.8 Å². The van der Waals surface area contributed by atoms with Crippen LogP contribution in [0.25, 0.3) is 5.65 Å². The SMILES string of the molecule is Cc1ccc(OC(C)OCNCC(C)c2nc3c(Cl)c(C)[nH]n3n2)c(C)c1. The molecule has 2 unspecified atom stereocenters. The number of nitrogens with zero attached hydrogens (tertiary/aromatic N) is 3. The van der Waals surface area contributed by atoms with Crippen LogP contribution in [0, 0.1) is 20.8 Å². The van der Waals surface area contributed by atoms with Crippen molar-refractivity contribution in [1.29, 1.82) is 0 Å². The lowest BCUT2D eigenvalue weighted by atomic mass is 10.1. The summed E-state index contributed by atoms with van der Waals surface area (Å²) in [6.45, 7) is 11.0. The van der Waals surface area contributed by atoms with E-state index in [1.165, 1.54) is 5.56 Å². The molecule has 8 heteroatoms.